The van der Waals surface area contributed by atoms with E-state index in [-0.39, 0.29) is 11.6 Å². The third kappa shape index (κ3) is 5.33. The minimum atomic E-state index is -0.291. The van der Waals surface area contributed by atoms with Crippen molar-refractivity contribution in [3.63, 3.8) is 0 Å². The Morgan fingerprint density at radius 2 is 1.80 bits per heavy atom. The molecular formula is C22H25N5O2S. The Morgan fingerprint density at radius 3 is 2.57 bits per heavy atom. The van der Waals surface area contributed by atoms with Crippen molar-refractivity contribution in [1.29, 1.82) is 0 Å². The molecule has 0 aliphatic heterocycles. The molecule has 1 aliphatic rings. The summed E-state index contributed by atoms with van der Waals surface area (Å²) < 4.78 is 1.66. The monoisotopic (exact) mass is 423 g/mol. The van der Waals surface area contributed by atoms with Crippen LogP contribution in [0.2, 0.25) is 0 Å². The van der Waals surface area contributed by atoms with Gasteiger partial charge in [-0.3, -0.25) is 10.1 Å². The van der Waals surface area contributed by atoms with Crippen molar-refractivity contribution in [2.24, 2.45) is 0 Å². The normalized spacial score (nSPS) is 14.4. The number of urea groups is 1. The fraction of sp³-hybridized carbons (Fsp3) is 0.364. The molecule has 2 heterocycles. The molecule has 0 spiro atoms. The number of carbonyl (C=O) groups is 1. The van der Waals surface area contributed by atoms with Crippen LogP contribution < -0.4 is 16.2 Å². The van der Waals surface area contributed by atoms with Crippen LogP contribution in [0.5, 0.6) is 0 Å². The molecule has 1 fully saturated rings. The molecule has 0 saturated heterocycles. The maximum absolute atomic E-state index is 12.2. The highest BCUT2D eigenvalue weighted by molar-refractivity contribution is 7.15. The first-order valence-corrected chi connectivity index (χ1v) is 11.1. The fourth-order valence-corrected chi connectivity index (χ4v) is 4.58. The summed E-state index contributed by atoms with van der Waals surface area (Å²) in [5, 5.41) is 15.6. The molecule has 0 bridgehead atoms. The van der Waals surface area contributed by atoms with Crippen molar-refractivity contribution in [3.05, 3.63) is 75.1 Å². The van der Waals surface area contributed by atoms with Gasteiger partial charge in [-0.1, -0.05) is 60.9 Å². The van der Waals surface area contributed by atoms with E-state index in [2.05, 4.69) is 20.8 Å². The zero-order valence-corrected chi connectivity index (χ0v) is 17.5. The van der Waals surface area contributed by atoms with Crippen molar-refractivity contribution in [2.75, 3.05) is 5.32 Å². The predicted molar refractivity (Wildman–Crippen MR) is 118 cm³/mol. The number of amides is 2. The first kappa shape index (κ1) is 20.3. The number of benzene rings is 1. The third-order valence-electron chi connectivity index (χ3n) is 5.34. The molecule has 7 nitrogen and oxygen atoms in total. The minimum Gasteiger partial charge on any atom is -0.334 e. The first-order chi connectivity index (χ1) is 14.7. The Balaban J connectivity index is 1.26. The number of aromatic nitrogens is 3. The lowest BCUT2D eigenvalue weighted by atomic mass is 9.90. The second-order valence-electron chi connectivity index (χ2n) is 7.57. The topological polar surface area (TPSA) is 88.9 Å². The quantitative estimate of drug-likeness (QED) is 0.624. The number of nitrogens with one attached hydrogen (secondary N) is 2. The molecule has 30 heavy (non-hydrogen) atoms. The van der Waals surface area contributed by atoms with E-state index in [1.54, 1.807) is 22.9 Å². The largest absolute Gasteiger partial charge is 0.334 e. The Kier molecular flexibility index (Phi) is 6.53. The van der Waals surface area contributed by atoms with Gasteiger partial charge >= 0.3 is 6.03 Å². The Bertz CT molecular complexity index is 1040. The van der Waals surface area contributed by atoms with Crippen molar-refractivity contribution >= 4 is 22.5 Å². The Morgan fingerprint density at radius 1 is 1.03 bits per heavy atom. The van der Waals surface area contributed by atoms with E-state index >= 15 is 0 Å². The highest BCUT2D eigenvalue weighted by Crippen LogP contribution is 2.35. The van der Waals surface area contributed by atoms with Crippen LogP contribution in [0.4, 0.5) is 9.93 Å². The smallest absolute Gasteiger partial charge is 0.321 e. The van der Waals surface area contributed by atoms with E-state index in [0.717, 1.165) is 29.0 Å². The SMILES string of the molecule is O=C(NCc1ccc(Cn2ccccc2=O)cc1)Nc1nnc(C2CCCCC2)s1. The molecule has 156 valence electrons. The van der Waals surface area contributed by atoms with Crippen LogP contribution in [0, 0.1) is 0 Å². The maximum Gasteiger partial charge on any atom is 0.321 e. The molecule has 2 amide bonds. The van der Waals surface area contributed by atoms with E-state index in [9.17, 15) is 9.59 Å². The van der Waals surface area contributed by atoms with E-state index < -0.39 is 0 Å². The Hall–Kier alpha value is -3.00. The van der Waals surface area contributed by atoms with E-state index in [4.69, 9.17) is 0 Å². The minimum absolute atomic E-state index is 0.0248. The standard InChI is InChI=1S/C22H25N5O2S/c28-19-8-4-5-13-27(19)15-17-11-9-16(10-12-17)14-23-21(29)24-22-26-25-20(30-22)18-6-2-1-3-7-18/h4-5,8-13,18H,1-3,6-7,14-15H2,(H2,23,24,26,29). The second kappa shape index (κ2) is 9.67. The average molecular weight is 424 g/mol. The van der Waals surface area contributed by atoms with Gasteiger partial charge in [-0.25, -0.2) is 4.79 Å². The number of nitrogens with zero attached hydrogens (tertiary/aromatic N) is 3. The lowest BCUT2D eigenvalue weighted by Crippen LogP contribution is -2.28. The van der Waals surface area contributed by atoms with Gasteiger partial charge < -0.3 is 9.88 Å². The van der Waals surface area contributed by atoms with E-state index in [1.165, 1.54) is 30.6 Å². The molecule has 2 N–H and O–H groups in total. The van der Waals surface area contributed by atoms with Gasteiger partial charge in [-0.05, 0) is 30.0 Å². The summed E-state index contributed by atoms with van der Waals surface area (Å²) in [4.78, 5) is 24.0. The molecule has 1 aromatic carbocycles. The molecule has 0 atom stereocenters. The summed E-state index contributed by atoms with van der Waals surface area (Å²) in [5.41, 5.74) is 1.98. The highest BCUT2D eigenvalue weighted by atomic mass is 32.1. The third-order valence-corrected chi connectivity index (χ3v) is 6.34. The number of carbonyl (C=O) groups excluding carboxylic acids is 1. The number of hydrogen-bond donors (Lipinski definition) is 2. The van der Waals surface area contributed by atoms with Crippen molar-refractivity contribution < 1.29 is 4.79 Å². The first-order valence-electron chi connectivity index (χ1n) is 10.3. The molecule has 1 aliphatic carbocycles. The summed E-state index contributed by atoms with van der Waals surface area (Å²) in [6, 6.07) is 12.7. The van der Waals surface area contributed by atoms with Crippen LogP contribution in [0.25, 0.3) is 0 Å². The average Bonchev–Trinajstić information content (AvgIpc) is 3.24. The van der Waals surface area contributed by atoms with Crippen LogP contribution in [0.15, 0.2) is 53.5 Å². The van der Waals surface area contributed by atoms with Gasteiger partial charge in [-0.2, -0.15) is 0 Å². The lowest BCUT2D eigenvalue weighted by Gasteiger charge is -2.18. The van der Waals surface area contributed by atoms with Crippen LogP contribution in [-0.2, 0) is 13.1 Å². The fourth-order valence-electron chi connectivity index (χ4n) is 3.67. The van der Waals surface area contributed by atoms with Gasteiger partial charge in [0.25, 0.3) is 5.56 Å². The van der Waals surface area contributed by atoms with Crippen molar-refractivity contribution in [1.82, 2.24) is 20.1 Å². The summed E-state index contributed by atoms with van der Waals surface area (Å²) in [5.74, 6) is 0.486. The summed E-state index contributed by atoms with van der Waals surface area (Å²) in [7, 11) is 0. The summed E-state index contributed by atoms with van der Waals surface area (Å²) in [6.07, 6.45) is 7.89. The number of rotatable bonds is 6. The highest BCUT2D eigenvalue weighted by Gasteiger charge is 2.20. The number of pyridine rings is 1. The number of hydrogen-bond acceptors (Lipinski definition) is 5. The molecule has 1 saturated carbocycles. The summed E-state index contributed by atoms with van der Waals surface area (Å²) >= 11 is 1.47. The van der Waals surface area contributed by atoms with E-state index in [1.807, 2.05) is 30.3 Å². The number of anilines is 1. The lowest BCUT2D eigenvalue weighted by molar-refractivity contribution is 0.251. The molecule has 8 heteroatoms. The molecule has 0 radical (unpaired) electrons. The molecule has 0 unspecified atom stereocenters. The van der Waals surface area contributed by atoms with Crippen LogP contribution >= 0.6 is 11.3 Å². The molecule has 2 aromatic heterocycles. The predicted octanol–water partition coefficient (Wildman–Crippen LogP) is 4.12. The Labute approximate surface area is 179 Å². The molecule has 3 aromatic rings. The van der Waals surface area contributed by atoms with Gasteiger partial charge in [0, 0.05) is 24.7 Å². The van der Waals surface area contributed by atoms with Crippen molar-refractivity contribution in [3.8, 4) is 0 Å². The van der Waals surface area contributed by atoms with Gasteiger partial charge in [0.1, 0.15) is 5.01 Å². The van der Waals surface area contributed by atoms with Crippen LogP contribution in [-0.4, -0.2) is 20.8 Å². The van der Waals surface area contributed by atoms with Crippen molar-refractivity contribution in [2.45, 2.75) is 51.1 Å². The zero-order valence-electron chi connectivity index (χ0n) is 16.7. The van der Waals surface area contributed by atoms with Crippen LogP contribution in [0.1, 0.15) is 54.2 Å². The van der Waals surface area contributed by atoms with Gasteiger partial charge in [-0.15, -0.1) is 10.2 Å². The molecule has 4 rings (SSSR count). The maximum atomic E-state index is 12.2. The summed E-state index contributed by atoms with van der Waals surface area (Å²) in [6.45, 7) is 0.930. The van der Waals surface area contributed by atoms with Gasteiger partial charge in [0.15, 0.2) is 0 Å². The molecular weight excluding hydrogens is 398 g/mol. The van der Waals surface area contributed by atoms with Gasteiger partial charge in [0.05, 0.1) is 6.54 Å². The van der Waals surface area contributed by atoms with Gasteiger partial charge in [0.2, 0.25) is 5.13 Å². The zero-order chi connectivity index (χ0) is 20.8. The second-order valence-corrected chi connectivity index (χ2v) is 8.58. The van der Waals surface area contributed by atoms with Crippen LogP contribution in [0.3, 0.4) is 0 Å². The van der Waals surface area contributed by atoms with E-state index in [0.29, 0.717) is 24.1 Å².